The topological polar surface area (TPSA) is 34.0 Å². The second-order valence-corrected chi connectivity index (χ2v) is 4.96. The number of anilines is 1. The summed E-state index contributed by atoms with van der Waals surface area (Å²) in [5.41, 5.74) is 4.72. The number of hydrogen-bond donors (Lipinski definition) is 0. The Morgan fingerprint density at radius 3 is 2.55 bits per heavy atom. The van der Waals surface area contributed by atoms with Crippen molar-refractivity contribution < 1.29 is 0 Å². The van der Waals surface area contributed by atoms with E-state index < -0.39 is 0 Å². The predicted octanol–water partition coefficient (Wildman–Crippen LogP) is 2.79. The normalized spacial score (nSPS) is 13.5. The Morgan fingerprint density at radius 2 is 1.65 bits per heavy atom. The average Bonchev–Trinajstić information content (AvgIpc) is 2.90. The van der Waals surface area contributed by atoms with Gasteiger partial charge in [-0.2, -0.15) is 0 Å². The number of rotatable bonds is 1. The maximum absolute atomic E-state index is 4.23. The Kier molecular flexibility index (Phi) is 2.52. The lowest BCUT2D eigenvalue weighted by Gasteiger charge is -2.22. The van der Waals surface area contributed by atoms with E-state index in [0.717, 1.165) is 24.5 Å². The van der Waals surface area contributed by atoms with E-state index in [9.17, 15) is 0 Å². The largest absolute Gasteiger partial charge is 0.361 e. The molecule has 0 radical (unpaired) electrons. The van der Waals surface area contributed by atoms with Crippen LogP contribution in [0.4, 0.5) is 5.69 Å². The molecular formula is C16H14N4. The van der Waals surface area contributed by atoms with E-state index in [1.54, 1.807) is 0 Å². The summed E-state index contributed by atoms with van der Waals surface area (Å²) in [4.78, 5) is 2.35. The van der Waals surface area contributed by atoms with E-state index in [2.05, 4.69) is 57.7 Å². The van der Waals surface area contributed by atoms with Gasteiger partial charge in [0.25, 0.3) is 0 Å². The molecule has 0 fully saturated rings. The van der Waals surface area contributed by atoms with Gasteiger partial charge in [-0.25, -0.2) is 4.68 Å². The first-order valence-electron chi connectivity index (χ1n) is 6.70. The average molecular weight is 262 g/mol. The van der Waals surface area contributed by atoms with Gasteiger partial charge in [0.15, 0.2) is 0 Å². The molecule has 0 unspecified atom stereocenters. The van der Waals surface area contributed by atoms with Crippen molar-refractivity contribution in [2.45, 2.75) is 13.1 Å². The van der Waals surface area contributed by atoms with E-state index in [4.69, 9.17) is 0 Å². The first-order chi connectivity index (χ1) is 9.92. The van der Waals surface area contributed by atoms with Crippen LogP contribution in [0.5, 0.6) is 0 Å². The minimum atomic E-state index is 0.811. The lowest BCUT2D eigenvalue weighted by molar-refractivity contribution is 0.754. The van der Waals surface area contributed by atoms with Crippen molar-refractivity contribution in [3.05, 3.63) is 72.1 Å². The van der Waals surface area contributed by atoms with Gasteiger partial charge in [0.05, 0.1) is 24.1 Å². The van der Waals surface area contributed by atoms with Crippen molar-refractivity contribution >= 4 is 5.69 Å². The smallest absolute Gasteiger partial charge is 0.0839 e. The standard InChI is InChI=1S/C16H14N4/c1-2-7-14(8-3-1)19-11-13-6-4-5-9-16(13)20-15(12-19)10-17-18-20/h1-10H,11-12H2. The van der Waals surface area contributed by atoms with Crippen LogP contribution in [0.1, 0.15) is 11.3 Å². The zero-order valence-electron chi connectivity index (χ0n) is 11.0. The van der Waals surface area contributed by atoms with Crippen LogP contribution in [0.2, 0.25) is 0 Å². The third kappa shape index (κ3) is 1.77. The molecular weight excluding hydrogens is 248 g/mol. The fourth-order valence-electron chi connectivity index (χ4n) is 2.70. The molecule has 0 saturated carbocycles. The van der Waals surface area contributed by atoms with Crippen LogP contribution < -0.4 is 4.90 Å². The van der Waals surface area contributed by atoms with Gasteiger partial charge in [-0.1, -0.05) is 41.6 Å². The Morgan fingerprint density at radius 1 is 0.850 bits per heavy atom. The molecule has 2 heterocycles. The van der Waals surface area contributed by atoms with Crippen LogP contribution in [0.3, 0.4) is 0 Å². The van der Waals surface area contributed by atoms with E-state index >= 15 is 0 Å². The van der Waals surface area contributed by atoms with Gasteiger partial charge >= 0.3 is 0 Å². The number of nitrogens with zero attached hydrogens (tertiary/aromatic N) is 4. The number of para-hydroxylation sites is 2. The monoisotopic (exact) mass is 262 g/mol. The van der Waals surface area contributed by atoms with Gasteiger partial charge in [0, 0.05) is 12.2 Å². The van der Waals surface area contributed by atoms with Crippen molar-refractivity contribution in [1.29, 1.82) is 0 Å². The van der Waals surface area contributed by atoms with Crippen LogP contribution in [-0.4, -0.2) is 15.0 Å². The molecule has 1 aliphatic heterocycles. The van der Waals surface area contributed by atoms with Crippen molar-refractivity contribution in [2.24, 2.45) is 0 Å². The van der Waals surface area contributed by atoms with Crippen LogP contribution in [0.15, 0.2) is 60.8 Å². The molecule has 1 aromatic heterocycles. The zero-order valence-corrected chi connectivity index (χ0v) is 11.0. The lowest BCUT2D eigenvalue weighted by Crippen LogP contribution is -2.20. The Balaban J connectivity index is 1.85. The Labute approximate surface area is 117 Å². The summed E-state index contributed by atoms with van der Waals surface area (Å²) in [6.45, 7) is 1.69. The fourth-order valence-corrected chi connectivity index (χ4v) is 2.70. The molecule has 0 aliphatic carbocycles. The third-order valence-electron chi connectivity index (χ3n) is 3.68. The highest BCUT2D eigenvalue weighted by atomic mass is 15.4. The minimum absolute atomic E-state index is 0.811. The summed E-state index contributed by atoms with van der Waals surface area (Å²) in [5.74, 6) is 0. The van der Waals surface area contributed by atoms with E-state index in [1.807, 2.05) is 23.0 Å². The first kappa shape index (κ1) is 11.2. The minimum Gasteiger partial charge on any atom is -0.361 e. The molecule has 0 atom stereocenters. The molecule has 4 nitrogen and oxygen atoms in total. The van der Waals surface area contributed by atoms with E-state index in [-0.39, 0.29) is 0 Å². The number of hydrogen-bond acceptors (Lipinski definition) is 3. The van der Waals surface area contributed by atoms with Crippen LogP contribution in [0.25, 0.3) is 5.69 Å². The number of aromatic nitrogens is 3. The van der Waals surface area contributed by atoms with Crippen molar-refractivity contribution in [3.63, 3.8) is 0 Å². The molecule has 20 heavy (non-hydrogen) atoms. The molecule has 0 amide bonds. The molecule has 3 aromatic rings. The highest BCUT2D eigenvalue weighted by Crippen LogP contribution is 2.26. The first-order valence-corrected chi connectivity index (χ1v) is 6.70. The van der Waals surface area contributed by atoms with Gasteiger partial charge in [-0.3, -0.25) is 0 Å². The van der Waals surface area contributed by atoms with E-state index in [1.165, 1.54) is 11.3 Å². The van der Waals surface area contributed by atoms with Crippen LogP contribution in [0, 0.1) is 0 Å². The van der Waals surface area contributed by atoms with Crippen LogP contribution in [-0.2, 0) is 13.1 Å². The van der Waals surface area contributed by atoms with Gasteiger partial charge in [0.2, 0.25) is 0 Å². The van der Waals surface area contributed by atoms with Crippen molar-refractivity contribution in [3.8, 4) is 5.69 Å². The number of benzene rings is 2. The summed E-state index contributed by atoms with van der Waals surface area (Å²) < 4.78 is 1.94. The maximum atomic E-state index is 4.23. The molecule has 0 N–H and O–H groups in total. The summed E-state index contributed by atoms with van der Waals surface area (Å²) in [7, 11) is 0. The van der Waals surface area contributed by atoms with Gasteiger partial charge in [-0.05, 0) is 23.8 Å². The maximum Gasteiger partial charge on any atom is 0.0839 e. The molecule has 98 valence electrons. The Hall–Kier alpha value is -2.62. The van der Waals surface area contributed by atoms with Crippen molar-refractivity contribution in [2.75, 3.05) is 4.90 Å². The summed E-state index contributed by atoms with van der Waals surface area (Å²) >= 11 is 0. The molecule has 4 heteroatoms. The third-order valence-corrected chi connectivity index (χ3v) is 3.68. The van der Waals surface area contributed by atoms with Crippen LogP contribution >= 0.6 is 0 Å². The Bertz CT molecular complexity index is 733. The SMILES string of the molecule is c1ccc(N2Cc3ccccc3-n3nncc3C2)cc1. The molecule has 2 aromatic carbocycles. The summed E-state index contributed by atoms with van der Waals surface area (Å²) in [6.07, 6.45) is 1.85. The predicted molar refractivity (Wildman–Crippen MR) is 77.7 cm³/mol. The highest BCUT2D eigenvalue weighted by molar-refractivity contribution is 5.52. The van der Waals surface area contributed by atoms with Gasteiger partial charge < -0.3 is 4.90 Å². The van der Waals surface area contributed by atoms with Crippen molar-refractivity contribution in [1.82, 2.24) is 15.0 Å². The quantitative estimate of drug-likeness (QED) is 0.676. The highest BCUT2D eigenvalue weighted by Gasteiger charge is 2.20. The summed E-state index contributed by atoms with van der Waals surface area (Å²) in [6, 6.07) is 18.8. The molecule has 1 aliphatic rings. The van der Waals surface area contributed by atoms with E-state index in [0.29, 0.717) is 0 Å². The summed E-state index contributed by atoms with van der Waals surface area (Å²) in [5, 5.41) is 8.28. The lowest BCUT2D eigenvalue weighted by atomic mass is 10.1. The molecule has 0 saturated heterocycles. The molecule has 0 spiro atoms. The number of fused-ring (bicyclic) bond motifs is 3. The fraction of sp³-hybridized carbons (Fsp3) is 0.125. The van der Waals surface area contributed by atoms with Gasteiger partial charge in [-0.15, -0.1) is 5.10 Å². The molecule has 0 bridgehead atoms. The van der Waals surface area contributed by atoms with Gasteiger partial charge in [0.1, 0.15) is 0 Å². The second-order valence-electron chi connectivity index (χ2n) is 4.96. The second kappa shape index (κ2) is 4.49. The zero-order chi connectivity index (χ0) is 13.4. The molecule has 4 rings (SSSR count).